The summed E-state index contributed by atoms with van der Waals surface area (Å²) in [6.45, 7) is 15.6. The quantitative estimate of drug-likeness (QED) is 0.435. The Morgan fingerprint density at radius 2 is 1.10 bits per heavy atom. The van der Waals surface area contributed by atoms with Gasteiger partial charge in [0.05, 0.1) is 25.4 Å². The van der Waals surface area contributed by atoms with Crippen molar-refractivity contribution < 1.29 is 9.47 Å². The van der Waals surface area contributed by atoms with E-state index in [1.807, 2.05) is 0 Å². The Morgan fingerprint density at radius 1 is 0.700 bits per heavy atom. The summed E-state index contributed by atoms with van der Waals surface area (Å²) in [5.74, 6) is 4.35. The summed E-state index contributed by atoms with van der Waals surface area (Å²) in [5, 5.41) is 0. The van der Waals surface area contributed by atoms with Gasteiger partial charge in [0, 0.05) is 0 Å². The summed E-state index contributed by atoms with van der Waals surface area (Å²) in [6.07, 6.45) is 8.53. The molecule has 2 heteroatoms. The first-order chi connectivity index (χ1) is 14.3. The molecule has 0 amide bonds. The summed E-state index contributed by atoms with van der Waals surface area (Å²) in [7, 11) is 0. The third-order valence-electron chi connectivity index (χ3n) is 7.95. The Bertz CT molecular complexity index is 582. The number of hydrogen-bond acceptors (Lipinski definition) is 2. The van der Waals surface area contributed by atoms with Crippen molar-refractivity contribution in [2.45, 2.75) is 105 Å². The highest BCUT2D eigenvalue weighted by molar-refractivity contribution is 5.26. The topological polar surface area (TPSA) is 18.5 Å². The second-order valence-corrected chi connectivity index (χ2v) is 11.1. The lowest BCUT2D eigenvalue weighted by Crippen LogP contribution is -2.34. The average molecular weight is 415 g/mol. The van der Waals surface area contributed by atoms with Crippen LogP contribution in [0.3, 0.4) is 0 Å². The van der Waals surface area contributed by atoms with Gasteiger partial charge in [-0.3, -0.25) is 0 Å². The predicted octanol–water partition coefficient (Wildman–Crippen LogP) is 7.64. The molecule has 1 aromatic carbocycles. The Morgan fingerprint density at radius 3 is 1.47 bits per heavy atom. The molecule has 2 aliphatic rings. The van der Waals surface area contributed by atoms with Gasteiger partial charge >= 0.3 is 0 Å². The largest absolute Gasteiger partial charge is 0.373 e. The lowest BCUT2D eigenvalue weighted by Gasteiger charge is -2.38. The van der Waals surface area contributed by atoms with Crippen molar-refractivity contribution in [3.63, 3.8) is 0 Å². The zero-order valence-electron chi connectivity index (χ0n) is 20.4. The van der Waals surface area contributed by atoms with Gasteiger partial charge in [-0.05, 0) is 72.3 Å². The van der Waals surface area contributed by atoms with Crippen LogP contribution in [0.2, 0.25) is 0 Å². The highest BCUT2D eigenvalue weighted by Gasteiger charge is 2.32. The highest BCUT2D eigenvalue weighted by Crippen LogP contribution is 2.37. The van der Waals surface area contributed by atoms with Gasteiger partial charge in [-0.1, -0.05) is 78.6 Å². The summed E-state index contributed by atoms with van der Waals surface area (Å²) in [4.78, 5) is 0. The molecule has 0 aliphatic heterocycles. The van der Waals surface area contributed by atoms with E-state index >= 15 is 0 Å². The molecule has 2 aliphatic carbocycles. The first-order valence-electron chi connectivity index (χ1n) is 12.6. The molecule has 0 aromatic heterocycles. The van der Waals surface area contributed by atoms with E-state index < -0.39 is 0 Å². The molecule has 2 saturated carbocycles. The number of rotatable bonds is 8. The summed E-state index contributed by atoms with van der Waals surface area (Å²) < 4.78 is 13.1. The molecule has 2 fully saturated rings. The molecule has 0 spiro atoms. The first-order valence-corrected chi connectivity index (χ1v) is 12.6. The summed E-state index contributed by atoms with van der Waals surface area (Å²) in [5.41, 5.74) is 2.62. The van der Waals surface area contributed by atoms with Crippen LogP contribution >= 0.6 is 0 Å². The van der Waals surface area contributed by atoms with Gasteiger partial charge in [0.1, 0.15) is 0 Å². The average Bonchev–Trinajstić information content (AvgIpc) is 2.71. The Hall–Kier alpha value is -0.860. The Kier molecular flexibility index (Phi) is 8.83. The van der Waals surface area contributed by atoms with Crippen LogP contribution in [0.1, 0.15) is 91.2 Å². The number of benzene rings is 1. The van der Waals surface area contributed by atoms with E-state index in [2.05, 4.69) is 65.8 Å². The molecule has 0 radical (unpaired) electrons. The van der Waals surface area contributed by atoms with Crippen molar-refractivity contribution in [1.82, 2.24) is 0 Å². The van der Waals surface area contributed by atoms with Gasteiger partial charge in [0.25, 0.3) is 0 Å². The SMILES string of the molecule is CC(C)[C@@H]1CC[C@@H](C)C[C@H]1OCc1ccccc1CO[C@@H]1C[C@H](C)CC[C@H]1C(C)C. The third-order valence-corrected chi connectivity index (χ3v) is 7.95. The van der Waals surface area contributed by atoms with E-state index in [-0.39, 0.29) is 0 Å². The normalized spacial score (nSPS) is 32.7. The molecule has 170 valence electrons. The molecular weight excluding hydrogens is 368 g/mol. The smallest absolute Gasteiger partial charge is 0.0724 e. The van der Waals surface area contributed by atoms with Gasteiger partial charge < -0.3 is 9.47 Å². The molecule has 0 bridgehead atoms. The summed E-state index contributed by atoms with van der Waals surface area (Å²) >= 11 is 0. The molecule has 30 heavy (non-hydrogen) atoms. The molecule has 1 aromatic rings. The van der Waals surface area contributed by atoms with Crippen LogP contribution in [0.25, 0.3) is 0 Å². The zero-order valence-corrected chi connectivity index (χ0v) is 20.4. The van der Waals surface area contributed by atoms with Gasteiger partial charge in [0.2, 0.25) is 0 Å². The number of hydrogen-bond donors (Lipinski definition) is 0. The van der Waals surface area contributed by atoms with Gasteiger partial charge in [-0.2, -0.15) is 0 Å². The fourth-order valence-corrected chi connectivity index (χ4v) is 5.85. The Labute approximate surface area is 186 Å². The first kappa shape index (κ1) is 23.8. The van der Waals surface area contributed by atoms with Crippen molar-refractivity contribution in [2.75, 3.05) is 0 Å². The second-order valence-electron chi connectivity index (χ2n) is 11.1. The minimum Gasteiger partial charge on any atom is -0.373 e. The summed E-state index contributed by atoms with van der Waals surface area (Å²) in [6, 6.07) is 8.76. The minimum absolute atomic E-state index is 0.396. The van der Waals surface area contributed by atoms with Crippen LogP contribution in [0, 0.1) is 35.5 Å². The fraction of sp³-hybridized carbons (Fsp3) is 0.786. The Balaban J connectivity index is 1.61. The monoisotopic (exact) mass is 414 g/mol. The highest BCUT2D eigenvalue weighted by atomic mass is 16.5. The van der Waals surface area contributed by atoms with Gasteiger partial charge in [-0.25, -0.2) is 0 Å². The van der Waals surface area contributed by atoms with Crippen LogP contribution in [0.15, 0.2) is 24.3 Å². The standard InChI is InChI=1S/C28H46O2/c1-19(2)25-13-11-21(5)15-27(25)29-17-23-9-7-8-10-24(23)18-30-28-16-22(6)12-14-26(28)20(3)4/h7-10,19-22,25-28H,11-18H2,1-6H3/t21-,22-,25+,26+,27-,28-/m1/s1. The lowest BCUT2D eigenvalue weighted by atomic mass is 9.75. The van der Waals surface area contributed by atoms with E-state index in [9.17, 15) is 0 Å². The second kappa shape index (κ2) is 11.1. The van der Waals surface area contributed by atoms with Crippen LogP contribution in [-0.4, -0.2) is 12.2 Å². The third kappa shape index (κ3) is 6.33. The zero-order chi connectivity index (χ0) is 21.7. The molecule has 6 atom stereocenters. The molecule has 0 saturated heterocycles. The maximum Gasteiger partial charge on any atom is 0.0724 e. The minimum atomic E-state index is 0.396. The van der Waals surface area contributed by atoms with E-state index in [1.54, 1.807) is 0 Å². The van der Waals surface area contributed by atoms with Crippen molar-refractivity contribution >= 4 is 0 Å². The van der Waals surface area contributed by atoms with Crippen LogP contribution in [0.5, 0.6) is 0 Å². The molecule has 0 heterocycles. The lowest BCUT2D eigenvalue weighted by molar-refractivity contribution is -0.0539. The van der Waals surface area contributed by atoms with Gasteiger partial charge in [0.15, 0.2) is 0 Å². The van der Waals surface area contributed by atoms with E-state index in [1.165, 1.54) is 49.7 Å². The van der Waals surface area contributed by atoms with E-state index in [0.29, 0.717) is 35.9 Å². The number of ether oxygens (including phenoxy) is 2. The fourth-order valence-electron chi connectivity index (χ4n) is 5.85. The van der Waals surface area contributed by atoms with E-state index in [0.717, 1.165) is 25.0 Å². The molecule has 3 rings (SSSR count). The molecule has 0 unspecified atom stereocenters. The predicted molar refractivity (Wildman–Crippen MR) is 126 cm³/mol. The van der Waals surface area contributed by atoms with Crippen LogP contribution < -0.4 is 0 Å². The molecule has 0 N–H and O–H groups in total. The van der Waals surface area contributed by atoms with Crippen molar-refractivity contribution in [2.24, 2.45) is 35.5 Å². The van der Waals surface area contributed by atoms with E-state index in [4.69, 9.17) is 9.47 Å². The van der Waals surface area contributed by atoms with Crippen LogP contribution in [0.4, 0.5) is 0 Å². The maximum absolute atomic E-state index is 6.57. The van der Waals surface area contributed by atoms with Crippen molar-refractivity contribution in [3.8, 4) is 0 Å². The van der Waals surface area contributed by atoms with Crippen molar-refractivity contribution in [1.29, 1.82) is 0 Å². The maximum atomic E-state index is 6.57. The van der Waals surface area contributed by atoms with Crippen LogP contribution in [-0.2, 0) is 22.7 Å². The van der Waals surface area contributed by atoms with Crippen molar-refractivity contribution in [3.05, 3.63) is 35.4 Å². The van der Waals surface area contributed by atoms with Gasteiger partial charge in [-0.15, -0.1) is 0 Å². The molecule has 2 nitrogen and oxygen atoms in total. The molecular formula is C28H46O2.